The third-order valence-electron chi connectivity index (χ3n) is 2.96. The van der Waals surface area contributed by atoms with Crippen molar-refractivity contribution in [3.63, 3.8) is 0 Å². The highest BCUT2D eigenvalue weighted by molar-refractivity contribution is 5.80. The fourth-order valence-electron chi connectivity index (χ4n) is 1.81. The molecule has 0 bridgehead atoms. The van der Waals surface area contributed by atoms with E-state index in [-0.39, 0.29) is 24.3 Å². The van der Waals surface area contributed by atoms with Gasteiger partial charge in [0.1, 0.15) is 0 Å². The molecule has 1 rings (SSSR count). The molecule has 0 aromatic heterocycles. The molecule has 0 heterocycles. The average Bonchev–Trinajstić information content (AvgIpc) is 3.09. The number of amides is 1. The zero-order valence-electron chi connectivity index (χ0n) is 10.6. The Hall–Kier alpha value is -1.10. The molecule has 0 aromatic rings. The molecule has 2 N–H and O–H groups in total. The van der Waals surface area contributed by atoms with Gasteiger partial charge in [0.25, 0.3) is 0 Å². The maximum absolute atomic E-state index is 12.1. The second-order valence-corrected chi connectivity index (χ2v) is 4.62. The van der Waals surface area contributed by atoms with E-state index in [0.717, 1.165) is 19.4 Å². The van der Waals surface area contributed by atoms with Crippen LogP contribution >= 0.6 is 0 Å². The maximum atomic E-state index is 12.1. The van der Waals surface area contributed by atoms with E-state index in [0.29, 0.717) is 13.1 Å². The van der Waals surface area contributed by atoms with E-state index in [2.05, 4.69) is 5.32 Å². The van der Waals surface area contributed by atoms with Crippen molar-refractivity contribution in [2.24, 2.45) is 5.92 Å². The Morgan fingerprint density at radius 1 is 1.47 bits per heavy atom. The molecule has 98 valence electrons. The van der Waals surface area contributed by atoms with Crippen LogP contribution < -0.4 is 5.32 Å². The van der Waals surface area contributed by atoms with Gasteiger partial charge in [0.05, 0.1) is 6.42 Å². The molecule has 1 atom stereocenters. The summed E-state index contributed by atoms with van der Waals surface area (Å²) >= 11 is 0. The highest BCUT2D eigenvalue weighted by Crippen LogP contribution is 2.28. The second kappa shape index (κ2) is 6.59. The Morgan fingerprint density at radius 2 is 2.12 bits per heavy atom. The summed E-state index contributed by atoms with van der Waals surface area (Å²) < 4.78 is 0. The van der Waals surface area contributed by atoms with E-state index in [9.17, 15) is 9.59 Å². The number of nitrogens with zero attached hydrogens (tertiary/aromatic N) is 1. The molecule has 0 saturated heterocycles. The quantitative estimate of drug-likeness (QED) is 0.657. The molecule has 0 spiro atoms. The minimum absolute atomic E-state index is 0.0379. The standard InChI is InChI=1S/C12H22N2O3/c1-3-13-8-9(2)12(17)14(10-4-5-10)7-6-11(15)16/h9-10,13H,3-8H2,1-2H3,(H,15,16). The summed E-state index contributed by atoms with van der Waals surface area (Å²) in [5.41, 5.74) is 0. The van der Waals surface area contributed by atoms with Crippen LogP contribution in [0.5, 0.6) is 0 Å². The minimum Gasteiger partial charge on any atom is -0.481 e. The summed E-state index contributed by atoms with van der Waals surface area (Å²) in [6, 6.07) is 0.283. The fraction of sp³-hybridized carbons (Fsp3) is 0.833. The summed E-state index contributed by atoms with van der Waals surface area (Å²) in [6.07, 6.45) is 2.06. The van der Waals surface area contributed by atoms with Gasteiger partial charge in [-0.25, -0.2) is 0 Å². The lowest BCUT2D eigenvalue weighted by Gasteiger charge is -2.25. The molecular weight excluding hydrogens is 220 g/mol. The van der Waals surface area contributed by atoms with Crippen molar-refractivity contribution in [1.29, 1.82) is 0 Å². The average molecular weight is 242 g/mol. The van der Waals surface area contributed by atoms with Crippen molar-refractivity contribution < 1.29 is 14.7 Å². The van der Waals surface area contributed by atoms with Crippen LogP contribution in [0.3, 0.4) is 0 Å². The van der Waals surface area contributed by atoms with Crippen molar-refractivity contribution in [2.75, 3.05) is 19.6 Å². The fourth-order valence-corrected chi connectivity index (χ4v) is 1.81. The van der Waals surface area contributed by atoms with Crippen molar-refractivity contribution in [2.45, 2.75) is 39.2 Å². The van der Waals surface area contributed by atoms with Gasteiger partial charge in [0.15, 0.2) is 0 Å². The second-order valence-electron chi connectivity index (χ2n) is 4.62. The van der Waals surface area contributed by atoms with Gasteiger partial charge in [-0.15, -0.1) is 0 Å². The molecule has 1 aliphatic carbocycles. The van der Waals surface area contributed by atoms with E-state index < -0.39 is 5.97 Å². The third-order valence-corrected chi connectivity index (χ3v) is 2.96. The molecular formula is C12H22N2O3. The summed E-state index contributed by atoms with van der Waals surface area (Å²) in [7, 11) is 0. The van der Waals surface area contributed by atoms with Gasteiger partial charge in [-0.05, 0) is 19.4 Å². The van der Waals surface area contributed by atoms with Crippen molar-refractivity contribution in [3.8, 4) is 0 Å². The zero-order valence-corrected chi connectivity index (χ0v) is 10.6. The number of rotatable bonds is 8. The zero-order chi connectivity index (χ0) is 12.8. The lowest BCUT2D eigenvalue weighted by molar-refractivity contribution is -0.139. The molecule has 17 heavy (non-hydrogen) atoms. The number of aliphatic carboxylic acids is 1. The summed E-state index contributed by atoms with van der Waals surface area (Å²) in [5, 5.41) is 11.8. The molecule has 0 radical (unpaired) electrons. The molecule has 1 fully saturated rings. The van der Waals surface area contributed by atoms with Crippen LogP contribution in [-0.2, 0) is 9.59 Å². The smallest absolute Gasteiger partial charge is 0.305 e. The Morgan fingerprint density at radius 3 is 2.59 bits per heavy atom. The Bertz CT molecular complexity index is 277. The molecule has 0 aromatic carbocycles. The number of carboxylic acids is 1. The van der Waals surface area contributed by atoms with Crippen LogP contribution in [0.15, 0.2) is 0 Å². The van der Waals surface area contributed by atoms with Gasteiger partial charge in [0.2, 0.25) is 5.91 Å². The lowest BCUT2D eigenvalue weighted by Crippen LogP contribution is -2.41. The Balaban J connectivity index is 2.45. The molecule has 1 unspecified atom stereocenters. The van der Waals surface area contributed by atoms with Crippen LogP contribution in [0.4, 0.5) is 0 Å². The first-order valence-electron chi connectivity index (χ1n) is 6.29. The number of carboxylic acid groups (broad SMARTS) is 1. The van der Waals surface area contributed by atoms with Crippen molar-refractivity contribution >= 4 is 11.9 Å². The normalized spacial score (nSPS) is 16.6. The predicted molar refractivity (Wildman–Crippen MR) is 64.7 cm³/mol. The first-order valence-corrected chi connectivity index (χ1v) is 6.29. The minimum atomic E-state index is -0.845. The summed E-state index contributed by atoms with van der Waals surface area (Å²) in [6.45, 7) is 5.73. The van der Waals surface area contributed by atoms with Gasteiger partial charge in [-0.2, -0.15) is 0 Å². The monoisotopic (exact) mass is 242 g/mol. The van der Waals surface area contributed by atoms with Crippen LogP contribution in [0, 0.1) is 5.92 Å². The van der Waals surface area contributed by atoms with Crippen LogP contribution in [-0.4, -0.2) is 47.6 Å². The molecule has 1 saturated carbocycles. The number of hydrogen-bond donors (Lipinski definition) is 2. The van der Waals surface area contributed by atoms with E-state index in [1.807, 2.05) is 13.8 Å². The lowest BCUT2D eigenvalue weighted by atomic mass is 10.1. The van der Waals surface area contributed by atoms with E-state index in [4.69, 9.17) is 5.11 Å². The Kier molecular flexibility index (Phi) is 5.41. The third kappa shape index (κ3) is 4.73. The molecule has 5 heteroatoms. The van der Waals surface area contributed by atoms with Gasteiger partial charge < -0.3 is 15.3 Å². The summed E-state index contributed by atoms with van der Waals surface area (Å²) in [4.78, 5) is 24.4. The SMILES string of the molecule is CCNCC(C)C(=O)N(CCC(=O)O)C1CC1. The van der Waals surface area contributed by atoms with Crippen LogP contribution in [0.1, 0.15) is 33.1 Å². The largest absolute Gasteiger partial charge is 0.481 e. The highest BCUT2D eigenvalue weighted by Gasteiger charge is 2.34. The first-order chi connectivity index (χ1) is 8.06. The number of hydrogen-bond acceptors (Lipinski definition) is 3. The van der Waals surface area contributed by atoms with Gasteiger partial charge in [-0.1, -0.05) is 13.8 Å². The number of carbonyl (C=O) groups excluding carboxylic acids is 1. The molecule has 0 aliphatic heterocycles. The highest BCUT2D eigenvalue weighted by atomic mass is 16.4. The van der Waals surface area contributed by atoms with Crippen LogP contribution in [0.25, 0.3) is 0 Å². The van der Waals surface area contributed by atoms with Gasteiger partial charge in [-0.3, -0.25) is 9.59 Å². The summed E-state index contributed by atoms with van der Waals surface area (Å²) in [5.74, 6) is -0.846. The number of carbonyl (C=O) groups is 2. The van der Waals surface area contributed by atoms with E-state index in [1.54, 1.807) is 4.90 Å². The molecule has 1 aliphatic rings. The first kappa shape index (κ1) is 14.0. The van der Waals surface area contributed by atoms with Crippen molar-refractivity contribution in [1.82, 2.24) is 10.2 Å². The van der Waals surface area contributed by atoms with Crippen molar-refractivity contribution in [3.05, 3.63) is 0 Å². The Labute approximate surface area is 102 Å². The van der Waals surface area contributed by atoms with E-state index >= 15 is 0 Å². The van der Waals surface area contributed by atoms with Gasteiger partial charge >= 0.3 is 5.97 Å². The molecule has 5 nitrogen and oxygen atoms in total. The number of nitrogens with one attached hydrogen (secondary N) is 1. The predicted octanol–water partition coefficient (Wildman–Crippen LogP) is 0.698. The van der Waals surface area contributed by atoms with E-state index in [1.165, 1.54) is 0 Å². The van der Waals surface area contributed by atoms with Gasteiger partial charge in [0, 0.05) is 25.0 Å². The topological polar surface area (TPSA) is 69.6 Å². The molecule has 1 amide bonds. The maximum Gasteiger partial charge on any atom is 0.305 e. The van der Waals surface area contributed by atoms with Crippen LogP contribution in [0.2, 0.25) is 0 Å².